The highest BCUT2D eigenvalue weighted by atomic mass is 35.5. The van der Waals surface area contributed by atoms with Crippen molar-refractivity contribution < 1.29 is 9.59 Å². The molecular formula is C22H34Cl2N4O2. The van der Waals surface area contributed by atoms with Gasteiger partial charge in [-0.25, -0.2) is 0 Å². The van der Waals surface area contributed by atoms with E-state index in [1.165, 1.54) is 25.7 Å². The second-order valence-electron chi connectivity index (χ2n) is 8.67. The molecule has 1 spiro atoms. The van der Waals surface area contributed by atoms with Crippen LogP contribution in [0.2, 0.25) is 0 Å². The van der Waals surface area contributed by atoms with Crippen molar-refractivity contribution in [3.05, 3.63) is 24.3 Å². The van der Waals surface area contributed by atoms with Crippen molar-refractivity contribution in [2.75, 3.05) is 43.4 Å². The molecule has 0 bridgehead atoms. The third-order valence-corrected chi connectivity index (χ3v) is 6.61. The molecule has 1 aliphatic carbocycles. The van der Waals surface area contributed by atoms with Crippen molar-refractivity contribution in [2.24, 2.45) is 11.3 Å². The van der Waals surface area contributed by atoms with Crippen LogP contribution in [0, 0.1) is 11.3 Å². The summed E-state index contributed by atoms with van der Waals surface area (Å²) in [6.07, 6.45) is 8.13. The Kier molecular flexibility index (Phi) is 9.41. The van der Waals surface area contributed by atoms with E-state index in [9.17, 15) is 9.59 Å². The van der Waals surface area contributed by atoms with Crippen molar-refractivity contribution in [2.45, 2.75) is 44.9 Å². The summed E-state index contributed by atoms with van der Waals surface area (Å²) in [5.41, 5.74) is 1.82. The van der Waals surface area contributed by atoms with E-state index in [1.807, 2.05) is 24.3 Å². The third-order valence-electron chi connectivity index (χ3n) is 6.61. The number of carbonyl (C=O) groups excluding carboxylic acids is 2. The van der Waals surface area contributed by atoms with Gasteiger partial charge >= 0.3 is 0 Å². The first-order valence-electron chi connectivity index (χ1n) is 10.8. The van der Waals surface area contributed by atoms with Gasteiger partial charge in [0.2, 0.25) is 11.8 Å². The summed E-state index contributed by atoms with van der Waals surface area (Å²) in [7, 11) is 0. The highest BCUT2D eigenvalue weighted by Crippen LogP contribution is 2.58. The molecule has 168 valence electrons. The SMILES string of the molecule is Cl.Cl.O=C(CN1CCCCCC1)Nc1ccc(NC(=O)C2CC23CCNCC3)cc1. The summed E-state index contributed by atoms with van der Waals surface area (Å²) >= 11 is 0. The Morgan fingerprint density at radius 1 is 0.933 bits per heavy atom. The fraction of sp³-hybridized carbons (Fsp3) is 0.636. The Labute approximate surface area is 191 Å². The maximum absolute atomic E-state index is 12.6. The number of hydrogen-bond donors (Lipinski definition) is 3. The van der Waals surface area contributed by atoms with Crippen LogP contribution in [0.4, 0.5) is 11.4 Å². The summed E-state index contributed by atoms with van der Waals surface area (Å²) < 4.78 is 0. The number of nitrogens with one attached hydrogen (secondary N) is 3. The average molecular weight is 457 g/mol. The van der Waals surface area contributed by atoms with E-state index in [0.29, 0.717) is 6.54 Å². The van der Waals surface area contributed by atoms with Gasteiger partial charge in [0, 0.05) is 17.3 Å². The fourth-order valence-electron chi connectivity index (χ4n) is 4.76. The molecule has 6 nitrogen and oxygen atoms in total. The quantitative estimate of drug-likeness (QED) is 0.631. The lowest BCUT2D eigenvalue weighted by molar-refractivity contribution is -0.118. The summed E-state index contributed by atoms with van der Waals surface area (Å²) in [4.78, 5) is 27.1. The molecule has 1 atom stereocenters. The van der Waals surface area contributed by atoms with Crippen LogP contribution in [0.15, 0.2) is 24.3 Å². The smallest absolute Gasteiger partial charge is 0.238 e. The highest BCUT2D eigenvalue weighted by Gasteiger charge is 2.57. The van der Waals surface area contributed by atoms with Gasteiger partial charge in [0.25, 0.3) is 0 Å². The average Bonchev–Trinajstić information content (AvgIpc) is 3.44. The molecule has 1 aromatic rings. The molecule has 8 heteroatoms. The van der Waals surface area contributed by atoms with Crippen LogP contribution in [0.5, 0.6) is 0 Å². The number of amides is 2. The minimum absolute atomic E-state index is 0. The molecule has 0 radical (unpaired) electrons. The first-order valence-corrected chi connectivity index (χ1v) is 10.8. The molecule has 30 heavy (non-hydrogen) atoms. The number of anilines is 2. The Bertz CT molecular complexity index is 700. The van der Waals surface area contributed by atoms with Crippen LogP contribution in [0.3, 0.4) is 0 Å². The number of benzene rings is 1. The lowest BCUT2D eigenvalue weighted by atomic mass is 9.92. The molecule has 2 aliphatic heterocycles. The van der Waals surface area contributed by atoms with E-state index in [-0.39, 0.29) is 48.0 Å². The first kappa shape index (κ1) is 24.9. The number of halogens is 2. The summed E-state index contributed by atoms with van der Waals surface area (Å²) in [5.74, 6) is 0.326. The first-order chi connectivity index (χ1) is 13.6. The zero-order chi connectivity index (χ0) is 19.4. The monoisotopic (exact) mass is 456 g/mol. The molecule has 3 N–H and O–H groups in total. The third kappa shape index (κ3) is 6.33. The minimum Gasteiger partial charge on any atom is -0.326 e. The van der Waals surface area contributed by atoms with E-state index in [1.54, 1.807) is 0 Å². The molecule has 3 fully saturated rings. The molecule has 2 heterocycles. The minimum atomic E-state index is 0. The molecule has 0 aromatic heterocycles. The predicted octanol–water partition coefficient (Wildman–Crippen LogP) is 3.67. The van der Waals surface area contributed by atoms with Crippen molar-refractivity contribution >= 4 is 48.0 Å². The predicted molar refractivity (Wildman–Crippen MR) is 126 cm³/mol. The topological polar surface area (TPSA) is 73.5 Å². The molecule has 2 saturated heterocycles. The number of carbonyl (C=O) groups is 2. The second kappa shape index (κ2) is 11.3. The van der Waals surface area contributed by atoms with Crippen molar-refractivity contribution in [3.63, 3.8) is 0 Å². The Morgan fingerprint density at radius 3 is 2.10 bits per heavy atom. The molecule has 4 rings (SSSR count). The number of piperidine rings is 1. The molecule has 2 amide bonds. The second-order valence-corrected chi connectivity index (χ2v) is 8.67. The maximum atomic E-state index is 12.6. The number of hydrogen-bond acceptors (Lipinski definition) is 4. The van der Waals surface area contributed by atoms with Crippen LogP contribution in [-0.4, -0.2) is 49.4 Å². The summed E-state index contributed by atoms with van der Waals surface area (Å²) in [6, 6.07) is 7.47. The van der Waals surface area contributed by atoms with Crippen molar-refractivity contribution in [3.8, 4) is 0 Å². The van der Waals surface area contributed by atoms with E-state index in [2.05, 4.69) is 20.9 Å². The van der Waals surface area contributed by atoms with E-state index in [0.717, 1.165) is 56.8 Å². The largest absolute Gasteiger partial charge is 0.326 e. The number of rotatable bonds is 5. The Morgan fingerprint density at radius 2 is 1.50 bits per heavy atom. The van der Waals surface area contributed by atoms with Gasteiger partial charge in [0.05, 0.1) is 6.54 Å². The van der Waals surface area contributed by atoms with Crippen LogP contribution in [0.1, 0.15) is 44.9 Å². The van der Waals surface area contributed by atoms with E-state index < -0.39 is 0 Å². The fourth-order valence-corrected chi connectivity index (χ4v) is 4.76. The molecule has 1 unspecified atom stereocenters. The van der Waals surface area contributed by atoms with Gasteiger partial charge < -0.3 is 16.0 Å². The lowest BCUT2D eigenvalue weighted by Gasteiger charge is -2.23. The Balaban J connectivity index is 0.00000160. The van der Waals surface area contributed by atoms with Crippen LogP contribution < -0.4 is 16.0 Å². The molecule has 3 aliphatic rings. The van der Waals surface area contributed by atoms with Gasteiger partial charge in [-0.15, -0.1) is 24.8 Å². The summed E-state index contributed by atoms with van der Waals surface area (Å²) in [5, 5.41) is 9.39. The van der Waals surface area contributed by atoms with Gasteiger partial charge in [-0.05, 0) is 88.0 Å². The summed E-state index contributed by atoms with van der Waals surface area (Å²) in [6.45, 7) is 4.52. The van der Waals surface area contributed by atoms with Gasteiger partial charge in [0.1, 0.15) is 0 Å². The van der Waals surface area contributed by atoms with Gasteiger partial charge in [-0.1, -0.05) is 12.8 Å². The number of likely N-dealkylation sites (tertiary alicyclic amines) is 1. The molecular weight excluding hydrogens is 423 g/mol. The van der Waals surface area contributed by atoms with Crippen molar-refractivity contribution in [1.29, 1.82) is 0 Å². The van der Waals surface area contributed by atoms with Crippen LogP contribution in [0.25, 0.3) is 0 Å². The molecule has 1 aromatic carbocycles. The zero-order valence-electron chi connectivity index (χ0n) is 17.5. The number of nitrogens with zero attached hydrogens (tertiary/aromatic N) is 1. The van der Waals surface area contributed by atoms with Gasteiger partial charge in [-0.2, -0.15) is 0 Å². The van der Waals surface area contributed by atoms with Gasteiger partial charge in [-0.3, -0.25) is 14.5 Å². The zero-order valence-corrected chi connectivity index (χ0v) is 19.1. The van der Waals surface area contributed by atoms with Gasteiger partial charge in [0.15, 0.2) is 0 Å². The normalized spacial score (nSPS) is 22.7. The van der Waals surface area contributed by atoms with E-state index >= 15 is 0 Å². The van der Waals surface area contributed by atoms with Crippen molar-refractivity contribution in [1.82, 2.24) is 10.2 Å². The van der Waals surface area contributed by atoms with Crippen LogP contribution in [-0.2, 0) is 9.59 Å². The Hall–Kier alpha value is -1.34. The highest BCUT2D eigenvalue weighted by molar-refractivity contribution is 5.96. The lowest BCUT2D eigenvalue weighted by Crippen LogP contribution is -2.33. The van der Waals surface area contributed by atoms with E-state index in [4.69, 9.17) is 0 Å². The standard InChI is InChI=1S/C22H32N4O2.2ClH/c27-20(16-26-13-3-1-2-4-14-26)24-17-5-7-18(8-6-17)25-21(28)19-15-22(19)9-11-23-12-10-22;;/h5-8,19,23H,1-4,9-16H2,(H,24,27)(H,25,28);2*1H. The maximum Gasteiger partial charge on any atom is 0.238 e. The molecule has 1 saturated carbocycles. The van der Waals surface area contributed by atoms with Crippen LogP contribution >= 0.6 is 24.8 Å².